The van der Waals surface area contributed by atoms with E-state index in [1.807, 2.05) is 76.3 Å². The van der Waals surface area contributed by atoms with Crippen LogP contribution in [0.15, 0.2) is 66.5 Å². The van der Waals surface area contributed by atoms with Gasteiger partial charge in [-0.15, -0.1) is 0 Å². The molecule has 1 atom stereocenters. The van der Waals surface area contributed by atoms with E-state index in [0.29, 0.717) is 10.8 Å². The van der Waals surface area contributed by atoms with Crippen molar-refractivity contribution >= 4 is 51.8 Å². The summed E-state index contributed by atoms with van der Waals surface area (Å²) in [5, 5.41) is 4.40. The van der Waals surface area contributed by atoms with Gasteiger partial charge in [0.15, 0.2) is 5.11 Å². The number of para-hydroxylation sites is 2. The van der Waals surface area contributed by atoms with Crippen LogP contribution >= 0.6 is 12.2 Å². The molecule has 0 aliphatic carbocycles. The molecule has 168 valence electrons. The second-order valence-electron chi connectivity index (χ2n) is 8.63. The number of amides is 2. The topological polar surface area (TPSA) is 57.6 Å². The number of rotatable bonds is 4. The molecule has 2 fully saturated rings. The highest BCUT2D eigenvalue weighted by Crippen LogP contribution is 2.27. The number of nitrogens with one attached hydrogen (secondary N) is 1. The molecule has 1 N–H and O–H groups in total. The third-order valence-corrected chi connectivity index (χ3v) is 6.73. The van der Waals surface area contributed by atoms with E-state index in [4.69, 9.17) is 12.2 Å². The van der Waals surface area contributed by atoms with Crippen molar-refractivity contribution in [2.45, 2.75) is 38.8 Å². The van der Waals surface area contributed by atoms with Crippen molar-refractivity contribution in [3.05, 3.63) is 72.1 Å². The predicted molar refractivity (Wildman–Crippen MR) is 135 cm³/mol. The molecule has 0 saturated carbocycles. The molecule has 2 aliphatic rings. The summed E-state index contributed by atoms with van der Waals surface area (Å²) >= 11 is 5.43. The summed E-state index contributed by atoms with van der Waals surface area (Å²) in [5.74, 6) is -0.0603. The van der Waals surface area contributed by atoms with E-state index >= 15 is 0 Å². The molecule has 2 aromatic carbocycles. The maximum atomic E-state index is 13.1. The van der Waals surface area contributed by atoms with Crippen molar-refractivity contribution in [3.8, 4) is 0 Å². The van der Waals surface area contributed by atoms with Gasteiger partial charge in [-0.3, -0.25) is 14.5 Å². The van der Waals surface area contributed by atoms with E-state index in [2.05, 4.69) is 12.2 Å². The molecule has 3 heterocycles. The number of likely N-dealkylation sites (tertiary alicyclic amines) is 1. The molecule has 0 bridgehead atoms. The monoisotopic (exact) mass is 458 g/mol. The standard InChI is InChI=1S/C26H26N4O2S/c1-18-9-7-8-14-29(18)24(31)17-28-16-19(21-12-5-6-13-23(21)28)15-22-25(32)30(26(33)27-22)20-10-3-2-4-11-20/h2-6,10-13,15-16,18H,7-9,14,17H2,1H3,(H,27,33)/b22-15-/t18-/m0/s1. The average Bonchev–Trinajstić information content (AvgIpc) is 3.31. The fourth-order valence-corrected chi connectivity index (χ4v) is 5.03. The molecule has 0 spiro atoms. The van der Waals surface area contributed by atoms with E-state index in [1.54, 1.807) is 0 Å². The second-order valence-corrected chi connectivity index (χ2v) is 9.01. The van der Waals surface area contributed by atoms with Crippen LogP contribution in [-0.4, -0.2) is 39.0 Å². The average molecular weight is 459 g/mol. The number of thiocarbonyl (C=S) groups is 1. The Morgan fingerprint density at radius 1 is 1.12 bits per heavy atom. The highest BCUT2D eigenvalue weighted by atomic mass is 32.1. The van der Waals surface area contributed by atoms with Crippen LogP contribution in [0.1, 0.15) is 31.7 Å². The van der Waals surface area contributed by atoms with Crippen molar-refractivity contribution in [3.63, 3.8) is 0 Å². The molecule has 3 aromatic rings. The molecule has 2 saturated heterocycles. The number of fused-ring (bicyclic) bond motifs is 1. The van der Waals surface area contributed by atoms with Gasteiger partial charge in [-0.2, -0.15) is 0 Å². The zero-order valence-corrected chi connectivity index (χ0v) is 19.3. The van der Waals surface area contributed by atoms with Crippen molar-refractivity contribution in [1.82, 2.24) is 14.8 Å². The molecule has 0 radical (unpaired) electrons. The van der Waals surface area contributed by atoms with Gasteiger partial charge in [-0.25, -0.2) is 0 Å². The summed E-state index contributed by atoms with van der Waals surface area (Å²) in [7, 11) is 0. The summed E-state index contributed by atoms with van der Waals surface area (Å²) in [5.41, 5.74) is 2.99. The van der Waals surface area contributed by atoms with Crippen LogP contribution in [0.25, 0.3) is 17.0 Å². The minimum absolute atomic E-state index is 0.133. The van der Waals surface area contributed by atoms with E-state index < -0.39 is 0 Å². The van der Waals surface area contributed by atoms with Gasteiger partial charge in [0.1, 0.15) is 12.2 Å². The maximum Gasteiger partial charge on any atom is 0.281 e. The lowest BCUT2D eigenvalue weighted by Gasteiger charge is -2.33. The highest BCUT2D eigenvalue weighted by Gasteiger charge is 2.32. The Morgan fingerprint density at radius 3 is 2.67 bits per heavy atom. The molecule has 1 aromatic heterocycles. The van der Waals surface area contributed by atoms with Gasteiger partial charge in [0, 0.05) is 35.2 Å². The number of aromatic nitrogens is 1. The number of hydrogen-bond donors (Lipinski definition) is 1. The first kappa shape index (κ1) is 21.4. The lowest BCUT2D eigenvalue weighted by molar-refractivity contribution is -0.135. The van der Waals surface area contributed by atoms with Gasteiger partial charge in [0.2, 0.25) is 5.91 Å². The Morgan fingerprint density at radius 2 is 1.88 bits per heavy atom. The third-order valence-electron chi connectivity index (χ3n) is 6.44. The molecule has 33 heavy (non-hydrogen) atoms. The highest BCUT2D eigenvalue weighted by molar-refractivity contribution is 7.80. The van der Waals surface area contributed by atoms with Gasteiger partial charge in [0.05, 0.1) is 5.69 Å². The normalized spacial score (nSPS) is 20.0. The fourth-order valence-electron chi connectivity index (χ4n) is 4.73. The van der Waals surface area contributed by atoms with Crippen molar-refractivity contribution in [1.29, 1.82) is 0 Å². The summed E-state index contributed by atoms with van der Waals surface area (Å²) in [4.78, 5) is 29.7. The maximum absolute atomic E-state index is 13.1. The number of nitrogens with zero attached hydrogens (tertiary/aromatic N) is 3. The first-order valence-electron chi connectivity index (χ1n) is 11.3. The van der Waals surface area contributed by atoms with Crippen LogP contribution in [0.5, 0.6) is 0 Å². The first-order chi connectivity index (χ1) is 16.0. The number of anilines is 1. The Balaban J connectivity index is 1.46. The van der Waals surface area contributed by atoms with Crippen LogP contribution in [0.3, 0.4) is 0 Å². The Kier molecular flexibility index (Phi) is 5.72. The Labute approximate surface area is 198 Å². The van der Waals surface area contributed by atoms with Gasteiger partial charge in [-0.1, -0.05) is 36.4 Å². The van der Waals surface area contributed by atoms with Crippen LogP contribution in [0.2, 0.25) is 0 Å². The van der Waals surface area contributed by atoms with Crippen molar-refractivity contribution in [2.24, 2.45) is 0 Å². The fraction of sp³-hybridized carbons (Fsp3) is 0.269. The minimum Gasteiger partial charge on any atom is -0.338 e. The molecule has 0 unspecified atom stereocenters. The SMILES string of the molecule is C[C@H]1CCCCN1C(=O)Cn1cc(/C=C2\NC(=S)N(c3ccccc3)C2=O)c2ccccc21. The molecule has 5 rings (SSSR count). The number of hydrogen-bond acceptors (Lipinski definition) is 3. The first-order valence-corrected chi connectivity index (χ1v) is 11.7. The van der Waals surface area contributed by atoms with Gasteiger partial charge < -0.3 is 14.8 Å². The largest absolute Gasteiger partial charge is 0.338 e. The third kappa shape index (κ3) is 4.04. The van der Waals surface area contributed by atoms with Gasteiger partial charge in [-0.05, 0) is 62.7 Å². The predicted octanol–water partition coefficient (Wildman–Crippen LogP) is 4.30. The molecule has 7 heteroatoms. The van der Waals surface area contributed by atoms with Gasteiger partial charge >= 0.3 is 0 Å². The molecule has 2 amide bonds. The summed E-state index contributed by atoms with van der Waals surface area (Å²) in [6, 6.07) is 17.6. The number of carbonyl (C=O) groups is 2. The quantitative estimate of drug-likeness (QED) is 0.468. The zero-order chi connectivity index (χ0) is 22.9. The Hall–Kier alpha value is -3.45. The molecule has 2 aliphatic heterocycles. The number of benzene rings is 2. The van der Waals surface area contributed by atoms with Crippen LogP contribution in [0.4, 0.5) is 5.69 Å². The summed E-state index contributed by atoms with van der Waals surface area (Å²) in [6.07, 6.45) is 7.07. The van der Waals surface area contributed by atoms with E-state index in [9.17, 15) is 9.59 Å². The van der Waals surface area contributed by atoms with Crippen LogP contribution in [-0.2, 0) is 16.1 Å². The van der Waals surface area contributed by atoms with Crippen LogP contribution < -0.4 is 10.2 Å². The minimum atomic E-state index is -0.193. The van der Waals surface area contributed by atoms with Crippen molar-refractivity contribution < 1.29 is 9.59 Å². The van der Waals surface area contributed by atoms with Gasteiger partial charge in [0.25, 0.3) is 5.91 Å². The number of carbonyl (C=O) groups excluding carboxylic acids is 2. The van der Waals surface area contributed by atoms with E-state index in [-0.39, 0.29) is 24.4 Å². The van der Waals surface area contributed by atoms with Crippen molar-refractivity contribution in [2.75, 3.05) is 11.4 Å². The molecular formula is C26H26N4O2S. The summed E-state index contributed by atoms with van der Waals surface area (Å²) in [6.45, 7) is 3.23. The van der Waals surface area contributed by atoms with Crippen LogP contribution in [0, 0.1) is 0 Å². The molecule has 6 nitrogen and oxygen atoms in total. The Bertz CT molecular complexity index is 1260. The second kappa shape index (κ2) is 8.83. The molecular weight excluding hydrogens is 432 g/mol. The summed E-state index contributed by atoms with van der Waals surface area (Å²) < 4.78 is 1.98. The lowest BCUT2D eigenvalue weighted by Crippen LogP contribution is -2.43. The van der Waals surface area contributed by atoms with E-state index in [1.165, 1.54) is 11.3 Å². The number of piperidine rings is 1. The smallest absolute Gasteiger partial charge is 0.281 e. The van der Waals surface area contributed by atoms with E-state index in [0.717, 1.165) is 41.5 Å². The lowest BCUT2D eigenvalue weighted by atomic mass is 10.0. The zero-order valence-electron chi connectivity index (χ0n) is 18.5.